The van der Waals surface area contributed by atoms with Gasteiger partial charge in [0.05, 0.1) is 10.2 Å². The number of rotatable bonds is 3. The van der Waals surface area contributed by atoms with Crippen LogP contribution in [0.4, 0.5) is 16.0 Å². The second-order valence-corrected chi connectivity index (χ2v) is 4.60. The summed E-state index contributed by atoms with van der Waals surface area (Å²) in [7, 11) is 0. The van der Waals surface area contributed by atoms with Gasteiger partial charge in [-0.05, 0) is 48.0 Å². The number of nitrogens with one attached hydrogen (secondary N) is 1. The summed E-state index contributed by atoms with van der Waals surface area (Å²) in [4.78, 5) is 4.37. The minimum Gasteiger partial charge on any atom is -0.326 e. The first-order valence-electron chi connectivity index (χ1n) is 5.36. The molecular formula is C12H13BrFN3. The largest absolute Gasteiger partial charge is 0.326 e. The van der Waals surface area contributed by atoms with Gasteiger partial charge in [0.2, 0.25) is 5.95 Å². The molecule has 1 N–H and O–H groups in total. The zero-order chi connectivity index (χ0) is 12.4. The maximum atomic E-state index is 13.1. The Bertz CT molecular complexity index is 537. The maximum absolute atomic E-state index is 13.1. The first-order chi connectivity index (χ1) is 8.10. The van der Waals surface area contributed by atoms with Crippen LogP contribution in [0.1, 0.15) is 12.6 Å². The van der Waals surface area contributed by atoms with Crippen LogP contribution in [-0.2, 0) is 6.54 Å². The predicted molar refractivity (Wildman–Crippen MR) is 70.0 cm³/mol. The first-order valence-corrected chi connectivity index (χ1v) is 6.15. The van der Waals surface area contributed by atoms with E-state index < -0.39 is 0 Å². The molecule has 3 nitrogen and oxygen atoms in total. The quantitative estimate of drug-likeness (QED) is 0.932. The molecule has 1 aromatic carbocycles. The highest BCUT2D eigenvalue weighted by molar-refractivity contribution is 9.10. The number of aryl methyl sites for hydroxylation is 2. The number of halogens is 2. The minimum atomic E-state index is -0.273. The molecule has 0 amide bonds. The Kier molecular flexibility index (Phi) is 3.47. The van der Waals surface area contributed by atoms with Gasteiger partial charge in [0.1, 0.15) is 5.82 Å². The van der Waals surface area contributed by atoms with Crippen LogP contribution in [0, 0.1) is 12.7 Å². The van der Waals surface area contributed by atoms with E-state index in [1.165, 1.54) is 6.07 Å². The second-order valence-electron chi connectivity index (χ2n) is 3.75. The third kappa shape index (κ3) is 2.66. The van der Waals surface area contributed by atoms with Gasteiger partial charge in [0.15, 0.2) is 0 Å². The summed E-state index contributed by atoms with van der Waals surface area (Å²) >= 11 is 3.16. The van der Waals surface area contributed by atoms with Crippen LogP contribution in [0.3, 0.4) is 0 Å². The lowest BCUT2D eigenvalue weighted by atomic mass is 10.3. The van der Waals surface area contributed by atoms with Crippen molar-refractivity contribution < 1.29 is 4.39 Å². The Labute approximate surface area is 108 Å². The molecular weight excluding hydrogens is 285 g/mol. The lowest BCUT2D eigenvalue weighted by Gasteiger charge is -2.08. The van der Waals surface area contributed by atoms with Crippen molar-refractivity contribution >= 4 is 27.6 Å². The molecule has 0 fully saturated rings. The molecule has 0 saturated heterocycles. The monoisotopic (exact) mass is 297 g/mol. The molecule has 0 bridgehead atoms. The molecule has 2 rings (SSSR count). The fourth-order valence-electron chi connectivity index (χ4n) is 1.59. The Morgan fingerprint density at radius 2 is 2.24 bits per heavy atom. The third-order valence-corrected chi connectivity index (χ3v) is 3.02. The Morgan fingerprint density at radius 3 is 2.88 bits per heavy atom. The summed E-state index contributed by atoms with van der Waals surface area (Å²) < 4.78 is 15.5. The number of hydrogen-bond acceptors (Lipinski definition) is 2. The second kappa shape index (κ2) is 4.87. The number of nitrogens with zero attached hydrogens (tertiary/aromatic N) is 2. The van der Waals surface area contributed by atoms with Gasteiger partial charge in [0, 0.05) is 18.4 Å². The zero-order valence-corrected chi connectivity index (χ0v) is 11.3. The van der Waals surface area contributed by atoms with E-state index in [1.807, 2.05) is 24.6 Å². The lowest BCUT2D eigenvalue weighted by molar-refractivity contribution is 0.621. The highest BCUT2D eigenvalue weighted by atomic mass is 79.9. The van der Waals surface area contributed by atoms with Crippen molar-refractivity contribution in [2.75, 3.05) is 5.32 Å². The van der Waals surface area contributed by atoms with Crippen molar-refractivity contribution in [2.24, 2.45) is 0 Å². The van der Waals surface area contributed by atoms with Gasteiger partial charge in [0.25, 0.3) is 0 Å². The molecule has 17 heavy (non-hydrogen) atoms. The number of hydrogen-bond donors (Lipinski definition) is 1. The third-order valence-electron chi connectivity index (χ3n) is 2.41. The molecule has 0 saturated carbocycles. The highest BCUT2D eigenvalue weighted by Gasteiger charge is 2.06. The smallest absolute Gasteiger partial charge is 0.207 e. The van der Waals surface area contributed by atoms with Crippen LogP contribution >= 0.6 is 15.9 Å². The molecule has 0 aliphatic carbocycles. The number of imidazole rings is 1. The standard InChI is InChI=1S/C12H13BrFN3/c1-3-17-7-8(2)15-12(17)16-9-4-5-11(14)10(13)6-9/h4-7H,3H2,1-2H3,(H,15,16). The van der Waals surface area contributed by atoms with Crippen LogP contribution in [0.15, 0.2) is 28.9 Å². The average molecular weight is 298 g/mol. The van der Waals surface area contributed by atoms with Crippen LogP contribution in [0.25, 0.3) is 0 Å². The van der Waals surface area contributed by atoms with E-state index in [9.17, 15) is 4.39 Å². The predicted octanol–water partition coefficient (Wildman–Crippen LogP) is 3.86. The van der Waals surface area contributed by atoms with E-state index in [0.717, 1.165) is 23.9 Å². The van der Waals surface area contributed by atoms with Crippen molar-refractivity contribution in [1.29, 1.82) is 0 Å². The van der Waals surface area contributed by atoms with E-state index in [2.05, 4.69) is 26.2 Å². The van der Waals surface area contributed by atoms with Crippen LogP contribution < -0.4 is 5.32 Å². The zero-order valence-electron chi connectivity index (χ0n) is 9.67. The summed E-state index contributed by atoms with van der Waals surface area (Å²) in [5.41, 5.74) is 1.76. The van der Waals surface area contributed by atoms with E-state index in [1.54, 1.807) is 12.1 Å². The summed E-state index contributed by atoms with van der Waals surface area (Å²) in [5.74, 6) is 0.495. The fourth-order valence-corrected chi connectivity index (χ4v) is 1.97. The van der Waals surface area contributed by atoms with E-state index in [4.69, 9.17) is 0 Å². The van der Waals surface area contributed by atoms with E-state index in [0.29, 0.717) is 4.47 Å². The highest BCUT2D eigenvalue weighted by Crippen LogP contribution is 2.22. The summed E-state index contributed by atoms with van der Waals surface area (Å²) in [6, 6.07) is 4.79. The molecule has 5 heteroatoms. The summed E-state index contributed by atoms with van der Waals surface area (Å²) in [5, 5.41) is 3.17. The summed E-state index contributed by atoms with van der Waals surface area (Å²) in [6.45, 7) is 4.83. The first kappa shape index (κ1) is 12.1. The maximum Gasteiger partial charge on any atom is 0.207 e. The van der Waals surface area contributed by atoms with Crippen molar-refractivity contribution in [3.8, 4) is 0 Å². The molecule has 0 aliphatic heterocycles. The van der Waals surface area contributed by atoms with Gasteiger partial charge in [-0.25, -0.2) is 9.37 Å². The van der Waals surface area contributed by atoms with Gasteiger partial charge in [-0.2, -0.15) is 0 Å². The lowest BCUT2D eigenvalue weighted by Crippen LogP contribution is -2.01. The molecule has 1 heterocycles. The van der Waals surface area contributed by atoms with Gasteiger partial charge in [-0.3, -0.25) is 0 Å². The van der Waals surface area contributed by atoms with Crippen molar-refractivity contribution in [3.63, 3.8) is 0 Å². The Hall–Kier alpha value is -1.36. The SMILES string of the molecule is CCn1cc(C)nc1Nc1ccc(F)c(Br)c1. The minimum absolute atomic E-state index is 0.273. The van der Waals surface area contributed by atoms with Crippen molar-refractivity contribution in [3.05, 3.63) is 40.4 Å². The fraction of sp³-hybridized carbons (Fsp3) is 0.250. The molecule has 2 aromatic rings. The van der Waals surface area contributed by atoms with E-state index in [-0.39, 0.29) is 5.82 Å². The van der Waals surface area contributed by atoms with Gasteiger partial charge in [-0.15, -0.1) is 0 Å². The molecule has 1 aromatic heterocycles. The van der Waals surface area contributed by atoms with Crippen molar-refractivity contribution in [2.45, 2.75) is 20.4 Å². The number of anilines is 2. The van der Waals surface area contributed by atoms with Crippen LogP contribution in [0.2, 0.25) is 0 Å². The number of aromatic nitrogens is 2. The van der Waals surface area contributed by atoms with Crippen molar-refractivity contribution in [1.82, 2.24) is 9.55 Å². The summed E-state index contributed by atoms with van der Waals surface area (Å²) in [6.07, 6.45) is 1.97. The molecule has 90 valence electrons. The molecule has 0 atom stereocenters. The number of benzene rings is 1. The molecule has 0 radical (unpaired) electrons. The normalized spacial score (nSPS) is 10.6. The Morgan fingerprint density at radius 1 is 1.47 bits per heavy atom. The van der Waals surface area contributed by atoms with E-state index >= 15 is 0 Å². The van der Waals surface area contributed by atoms with Crippen LogP contribution in [-0.4, -0.2) is 9.55 Å². The average Bonchev–Trinajstić information content (AvgIpc) is 2.64. The molecule has 0 aliphatic rings. The van der Waals surface area contributed by atoms with Gasteiger partial charge >= 0.3 is 0 Å². The molecule has 0 spiro atoms. The van der Waals surface area contributed by atoms with Gasteiger partial charge < -0.3 is 9.88 Å². The molecule has 0 unspecified atom stereocenters. The van der Waals surface area contributed by atoms with Crippen LogP contribution in [0.5, 0.6) is 0 Å². The topological polar surface area (TPSA) is 29.9 Å². The van der Waals surface area contributed by atoms with Gasteiger partial charge in [-0.1, -0.05) is 0 Å². The Balaban J connectivity index is 2.27.